The second-order valence-corrected chi connectivity index (χ2v) is 2.39. The average molecular weight is 193 g/mol. The van der Waals surface area contributed by atoms with E-state index in [-0.39, 0.29) is 0 Å². The highest BCUT2D eigenvalue weighted by Crippen LogP contribution is 2.31. The van der Waals surface area contributed by atoms with E-state index < -0.39 is 23.3 Å². The molecule has 0 spiro atoms. The molecule has 7 heteroatoms. The third kappa shape index (κ3) is 1.63. The number of rotatable bonds is 1. The van der Waals surface area contributed by atoms with Gasteiger partial charge in [0.1, 0.15) is 0 Å². The minimum Gasteiger partial charge on any atom is -0.365 e. The van der Waals surface area contributed by atoms with Crippen LogP contribution in [0.25, 0.3) is 0 Å². The number of aromatic nitrogens is 2. The molecule has 13 heavy (non-hydrogen) atoms. The molecule has 1 rings (SSSR count). The van der Waals surface area contributed by atoms with Crippen molar-refractivity contribution in [3.8, 4) is 0 Å². The number of hydrogen-bond donors (Lipinski definition) is 1. The lowest BCUT2D eigenvalue weighted by molar-refractivity contribution is -0.144. The Bertz CT molecular complexity index is 341. The molecule has 0 aliphatic heterocycles. The van der Waals surface area contributed by atoms with Gasteiger partial charge in [-0.3, -0.25) is 9.48 Å². The predicted octanol–water partition coefficient (Wildman–Crippen LogP) is 0.538. The van der Waals surface area contributed by atoms with Crippen molar-refractivity contribution in [1.82, 2.24) is 9.78 Å². The molecule has 0 aromatic carbocycles. The van der Waals surface area contributed by atoms with E-state index in [4.69, 9.17) is 5.73 Å². The fourth-order valence-corrected chi connectivity index (χ4v) is 0.954. The molecule has 0 aliphatic rings. The van der Waals surface area contributed by atoms with Crippen LogP contribution >= 0.6 is 0 Å². The molecule has 0 saturated heterocycles. The van der Waals surface area contributed by atoms with Crippen LogP contribution in [0.1, 0.15) is 16.1 Å². The molecule has 0 radical (unpaired) electrons. The van der Waals surface area contributed by atoms with Gasteiger partial charge in [-0.25, -0.2) is 0 Å². The molecular formula is C6H6F3N3O. The first-order chi connectivity index (χ1) is 5.84. The van der Waals surface area contributed by atoms with Gasteiger partial charge in [-0.2, -0.15) is 18.3 Å². The van der Waals surface area contributed by atoms with Crippen molar-refractivity contribution in [3.63, 3.8) is 0 Å². The summed E-state index contributed by atoms with van der Waals surface area (Å²) < 4.78 is 37.3. The summed E-state index contributed by atoms with van der Waals surface area (Å²) in [4.78, 5) is 10.6. The van der Waals surface area contributed by atoms with Crippen LogP contribution in [0, 0.1) is 0 Å². The lowest BCUT2D eigenvalue weighted by Crippen LogP contribution is -2.20. The zero-order valence-corrected chi connectivity index (χ0v) is 6.59. The van der Waals surface area contributed by atoms with Crippen LogP contribution in [-0.2, 0) is 13.2 Å². The molecule has 1 heterocycles. The summed E-state index contributed by atoms with van der Waals surface area (Å²) in [5.41, 5.74) is 2.99. The van der Waals surface area contributed by atoms with E-state index in [1.165, 1.54) is 0 Å². The van der Waals surface area contributed by atoms with Gasteiger partial charge in [0.2, 0.25) is 0 Å². The summed E-state index contributed by atoms with van der Waals surface area (Å²) in [5.74, 6) is -1.14. The lowest BCUT2D eigenvalue weighted by atomic mass is 10.2. The maximum Gasteiger partial charge on any atom is 0.433 e. The summed E-state index contributed by atoms with van der Waals surface area (Å²) in [7, 11) is 1.09. The number of hydrogen-bond acceptors (Lipinski definition) is 2. The molecule has 4 nitrogen and oxygen atoms in total. The van der Waals surface area contributed by atoms with E-state index >= 15 is 0 Å². The van der Waals surface area contributed by atoms with Gasteiger partial charge in [-0.15, -0.1) is 0 Å². The highest BCUT2D eigenvalue weighted by atomic mass is 19.4. The number of primary amides is 1. The first kappa shape index (κ1) is 9.56. The molecule has 0 fully saturated rings. The number of halogens is 3. The Hall–Kier alpha value is -1.53. The van der Waals surface area contributed by atoms with Crippen LogP contribution < -0.4 is 5.73 Å². The summed E-state index contributed by atoms with van der Waals surface area (Å²) in [6.07, 6.45) is -3.82. The third-order valence-corrected chi connectivity index (χ3v) is 1.47. The molecule has 0 saturated carbocycles. The average Bonchev–Trinajstić information content (AvgIpc) is 2.28. The van der Waals surface area contributed by atoms with Crippen molar-refractivity contribution in [1.29, 1.82) is 0 Å². The van der Waals surface area contributed by atoms with Crippen molar-refractivity contribution in [2.75, 3.05) is 0 Å². The van der Waals surface area contributed by atoms with Gasteiger partial charge >= 0.3 is 6.18 Å². The number of aryl methyl sites for hydroxylation is 1. The zero-order valence-electron chi connectivity index (χ0n) is 6.59. The Labute approximate surface area is 71.1 Å². The molecule has 1 aromatic rings. The highest BCUT2D eigenvalue weighted by Gasteiger charge is 2.38. The second kappa shape index (κ2) is 2.75. The number of alkyl halides is 3. The Morgan fingerprint density at radius 2 is 2.15 bits per heavy atom. The highest BCUT2D eigenvalue weighted by molar-refractivity contribution is 5.93. The van der Waals surface area contributed by atoms with Crippen molar-refractivity contribution < 1.29 is 18.0 Å². The summed E-state index contributed by atoms with van der Waals surface area (Å²) >= 11 is 0. The molecule has 0 bridgehead atoms. The van der Waals surface area contributed by atoms with E-state index in [1.54, 1.807) is 0 Å². The number of amides is 1. The van der Waals surface area contributed by atoms with Gasteiger partial charge in [-0.1, -0.05) is 0 Å². The van der Waals surface area contributed by atoms with Gasteiger partial charge in [-0.05, 0) is 0 Å². The zero-order chi connectivity index (χ0) is 10.2. The monoisotopic (exact) mass is 193 g/mol. The molecular weight excluding hydrogens is 187 g/mol. The largest absolute Gasteiger partial charge is 0.433 e. The van der Waals surface area contributed by atoms with Gasteiger partial charge in [0.05, 0.1) is 11.8 Å². The Morgan fingerprint density at radius 3 is 2.46 bits per heavy atom. The minimum atomic E-state index is -4.62. The summed E-state index contributed by atoms with van der Waals surface area (Å²) in [6, 6.07) is 0. The quantitative estimate of drug-likeness (QED) is 0.707. The van der Waals surface area contributed by atoms with E-state index in [0.29, 0.717) is 4.68 Å². The van der Waals surface area contributed by atoms with Gasteiger partial charge in [0, 0.05) is 7.05 Å². The molecule has 0 atom stereocenters. The van der Waals surface area contributed by atoms with Crippen LogP contribution in [-0.4, -0.2) is 15.7 Å². The number of nitrogens with two attached hydrogens (primary N) is 1. The molecule has 0 unspecified atom stereocenters. The van der Waals surface area contributed by atoms with Crippen LogP contribution in [0.2, 0.25) is 0 Å². The Balaban J connectivity index is 3.33. The predicted molar refractivity (Wildman–Crippen MR) is 36.7 cm³/mol. The van der Waals surface area contributed by atoms with Crippen LogP contribution in [0.3, 0.4) is 0 Å². The summed E-state index contributed by atoms with van der Waals surface area (Å²) in [5, 5.41) is 3.30. The van der Waals surface area contributed by atoms with E-state index in [9.17, 15) is 18.0 Å². The number of carbonyl (C=O) groups is 1. The third-order valence-electron chi connectivity index (χ3n) is 1.47. The van der Waals surface area contributed by atoms with Crippen LogP contribution in [0.15, 0.2) is 6.20 Å². The lowest BCUT2D eigenvalue weighted by Gasteiger charge is -2.07. The van der Waals surface area contributed by atoms with Gasteiger partial charge in [0.25, 0.3) is 5.91 Å². The smallest absolute Gasteiger partial charge is 0.365 e. The molecule has 2 N–H and O–H groups in total. The fraction of sp³-hybridized carbons (Fsp3) is 0.333. The van der Waals surface area contributed by atoms with Gasteiger partial charge in [0.15, 0.2) is 5.69 Å². The molecule has 0 aliphatic carbocycles. The normalized spacial score (nSPS) is 11.7. The van der Waals surface area contributed by atoms with Crippen molar-refractivity contribution in [2.24, 2.45) is 12.8 Å². The first-order valence-corrected chi connectivity index (χ1v) is 3.23. The van der Waals surface area contributed by atoms with Crippen molar-refractivity contribution in [2.45, 2.75) is 6.18 Å². The van der Waals surface area contributed by atoms with Gasteiger partial charge < -0.3 is 5.73 Å². The van der Waals surface area contributed by atoms with Crippen molar-refractivity contribution >= 4 is 5.91 Å². The van der Waals surface area contributed by atoms with Crippen LogP contribution in [0.4, 0.5) is 13.2 Å². The van der Waals surface area contributed by atoms with E-state index in [0.717, 1.165) is 13.2 Å². The Kier molecular flexibility index (Phi) is 2.02. The van der Waals surface area contributed by atoms with E-state index in [2.05, 4.69) is 5.10 Å². The number of carbonyl (C=O) groups excluding carboxylic acids is 1. The standard InChI is InChI=1S/C6H6F3N3O/c1-12-4(6(7,8)9)3(2-11-12)5(10)13/h2H,1H3,(H2,10,13). The summed E-state index contributed by atoms with van der Waals surface area (Å²) in [6.45, 7) is 0. The molecule has 1 amide bonds. The minimum absolute atomic E-state index is 0.570. The number of nitrogens with zero attached hydrogens (tertiary/aromatic N) is 2. The topological polar surface area (TPSA) is 60.9 Å². The van der Waals surface area contributed by atoms with Crippen molar-refractivity contribution in [3.05, 3.63) is 17.5 Å². The first-order valence-electron chi connectivity index (χ1n) is 3.23. The maximum absolute atomic E-state index is 12.2. The molecule has 1 aromatic heterocycles. The Morgan fingerprint density at radius 1 is 1.62 bits per heavy atom. The van der Waals surface area contributed by atoms with Crippen LogP contribution in [0.5, 0.6) is 0 Å². The second-order valence-electron chi connectivity index (χ2n) is 2.39. The molecule has 72 valence electrons. The maximum atomic E-state index is 12.2. The van der Waals surface area contributed by atoms with E-state index in [1.807, 2.05) is 0 Å². The SMILES string of the molecule is Cn1ncc(C(N)=O)c1C(F)(F)F. The fourth-order valence-electron chi connectivity index (χ4n) is 0.954.